The number of methoxy groups -OCH3 is 2. The summed E-state index contributed by atoms with van der Waals surface area (Å²) in [5.41, 5.74) is 1.92. The first-order valence-electron chi connectivity index (χ1n) is 8.92. The van der Waals surface area contributed by atoms with Gasteiger partial charge in [0.05, 0.1) is 38.9 Å². The Bertz CT molecular complexity index is 1050. The second-order valence-electron chi connectivity index (χ2n) is 6.49. The lowest BCUT2D eigenvalue weighted by Crippen LogP contribution is -2.29. The predicted octanol–water partition coefficient (Wildman–Crippen LogP) is 2.04. The van der Waals surface area contributed by atoms with Crippen LogP contribution in [0.3, 0.4) is 0 Å². The number of hydrogen-bond donors (Lipinski definition) is 1. The molecule has 0 unspecified atom stereocenters. The monoisotopic (exact) mass is 398 g/mol. The van der Waals surface area contributed by atoms with Crippen LogP contribution in [0.15, 0.2) is 36.7 Å². The van der Waals surface area contributed by atoms with Gasteiger partial charge in [0, 0.05) is 36.8 Å². The summed E-state index contributed by atoms with van der Waals surface area (Å²) in [6.07, 6.45) is 3.01. The molecule has 0 bridgehead atoms. The van der Waals surface area contributed by atoms with Crippen LogP contribution in [0.2, 0.25) is 0 Å². The summed E-state index contributed by atoms with van der Waals surface area (Å²) >= 11 is 0. The van der Waals surface area contributed by atoms with Crippen molar-refractivity contribution in [3.05, 3.63) is 47.8 Å². The minimum atomic E-state index is -0.950. The zero-order valence-corrected chi connectivity index (χ0v) is 16.5. The average molecular weight is 398 g/mol. The molecule has 0 saturated heterocycles. The van der Waals surface area contributed by atoms with E-state index in [1.165, 1.54) is 11.1 Å². The van der Waals surface area contributed by atoms with Gasteiger partial charge in [-0.05, 0) is 18.2 Å². The van der Waals surface area contributed by atoms with Gasteiger partial charge in [-0.3, -0.25) is 9.59 Å². The van der Waals surface area contributed by atoms with E-state index in [4.69, 9.17) is 14.6 Å². The standard InChI is InChI=1S/C20H22N4O5/c1-23(7-6-18(25)26)20(27)15-8-14-11-22-24(19(14)21-10-15)12-13-4-5-16(28-2)9-17(13)29-3/h4-5,8-11H,6-7,12H2,1-3H3,(H,25,26). The quantitative estimate of drug-likeness (QED) is 0.619. The number of carbonyl (C=O) groups is 2. The van der Waals surface area contributed by atoms with Crippen molar-refractivity contribution >= 4 is 22.9 Å². The Morgan fingerprint density at radius 1 is 1.17 bits per heavy atom. The molecule has 0 saturated carbocycles. The molecule has 9 nitrogen and oxygen atoms in total. The molecule has 3 rings (SSSR count). The molecule has 0 atom stereocenters. The molecule has 3 aromatic rings. The van der Waals surface area contributed by atoms with E-state index >= 15 is 0 Å². The fraction of sp³-hybridized carbons (Fsp3) is 0.300. The number of pyridine rings is 1. The maximum absolute atomic E-state index is 12.5. The number of hydrogen-bond acceptors (Lipinski definition) is 6. The molecule has 0 fully saturated rings. The molecule has 0 spiro atoms. The Kier molecular flexibility index (Phi) is 5.96. The maximum atomic E-state index is 12.5. The highest BCUT2D eigenvalue weighted by atomic mass is 16.5. The van der Waals surface area contributed by atoms with Crippen molar-refractivity contribution in [2.75, 3.05) is 27.8 Å². The van der Waals surface area contributed by atoms with Crippen molar-refractivity contribution in [1.29, 1.82) is 0 Å². The molecule has 9 heteroatoms. The highest BCUT2D eigenvalue weighted by Gasteiger charge is 2.16. The molecular formula is C20H22N4O5. The van der Waals surface area contributed by atoms with E-state index in [1.807, 2.05) is 12.1 Å². The molecule has 0 radical (unpaired) electrons. The number of carbonyl (C=O) groups excluding carboxylic acids is 1. The van der Waals surface area contributed by atoms with Gasteiger partial charge in [0.2, 0.25) is 0 Å². The number of aromatic nitrogens is 3. The molecule has 0 aliphatic rings. The molecule has 0 aliphatic heterocycles. The summed E-state index contributed by atoms with van der Waals surface area (Å²) in [6.45, 7) is 0.568. The Hall–Kier alpha value is -3.62. The molecule has 2 aromatic heterocycles. The Morgan fingerprint density at radius 2 is 1.97 bits per heavy atom. The molecule has 152 valence electrons. The Morgan fingerprint density at radius 3 is 2.66 bits per heavy atom. The van der Waals surface area contributed by atoms with E-state index in [0.717, 1.165) is 10.9 Å². The average Bonchev–Trinajstić information content (AvgIpc) is 3.13. The summed E-state index contributed by atoms with van der Waals surface area (Å²) in [5, 5.41) is 13.9. The summed E-state index contributed by atoms with van der Waals surface area (Å²) < 4.78 is 12.4. The zero-order chi connectivity index (χ0) is 21.0. The van der Waals surface area contributed by atoms with Gasteiger partial charge in [-0.2, -0.15) is 5.10 Å². The Balaban J connectivity index is 1.82. The van der Waals surface area contributed by atoms with Gasteiger partial charge in [0.15, 0.2) is 5.65 Å². The number of ether oxygens (including phenoxy) is 2. The van der Waals surface area contributed by atoms with E-state index in [9.17, 15) is 9.59 Å². The lowest BCUT2D eigenvalue weighted by atomic mass is 10.2. The van der Waals surface area contributed by atoms with E-state index < -0.39 is 5.97 Å². The fourth-order valence-corrected chi connectivity index (χ4v) is 2.93. The van der Waals surface area contributed by atoms with Crippen LogP contribution >= 0.6 is 0 Å². The summed E-state index contributed by atoms with van der Waals surface area (Å²) in [7, 11) is 4.75. The van der Waals surface area contributed by atoms with Crippen molar-refractivity contribution in [1.82, 2.24) is 19.7 Å². The van der Waals surface area contributed by atoms with Gasteiger partial charge in [0.1, 0.15) is 11.5 Å². The van der Waals surface area contributed by atoms with Crippen LogP contribution in [-0.2, 0) is 11.3 Å². The number of amides is 1. The molecule has 0 aliphatic carbocycles. The van der Waals surface area contributed by atoms with Crippen LogP contribution in [0.4, 0.5) is 0 Å². The van der Waals surface area contributed by atoms with E-state index in [2.05, 4.69) is 10.1 Å². The number of fused-ring (bicyclic) bond motifs is 1. The minimum absolute atomic E-state index is 0.112. The minimum Gasteiger partial charge on any atom is -0.497 e. The normalized spacial score (nSPS) is 10.7. The third-order valence-corrected chi connectivity index (χ3v) is 4.54. The van der Waals surface area contributed by atoms with E-state index in [0.29, 0.717) is 29.3 Å². The third-order valence-electron chi connectivity index (χ3n) is 4.54. The number of aliphatic carboxylic acids is 1. The molecule has 1 aromatic carbocycles. The maximum Gasteiger partial charge on any atom is 0.305 e. The van der Waals surface area contributed by atoms with E-state index in [1.54, 1.807) is 44.3 Å². The predicted molar refractivity (Wildman–Crippen MR) is 105 cm³/mol. The van der Waals surface area contributed by atoms with Crippen molar-refractivity contribution < 1.29 is 24.2 Å². The largest absolute Gasteiger partial charge is 0.497 e. The number of rotatable bonds is 8. The molecule has 1 amide bonds. The van der Waals surface area contributed by atoms with Crippen LogP contribution in [0, 0.1) is 0 Å². The van der Waals surface area contributed by atoms with Crippen LogP contribution in [0.25, 0.3) is 11.0 Å². The Labute approximate surface area is 167 Å². The fourth-order valence-electron chi connectivity index (χ4n) is 2.93. The van der Waals surface area contributed by atoms with Crippen molar-refractivity contribution in [2.45, 2.75) is 13.0 Å². The molecular weight excluding hydrogens is 376 g/mol. The van der Waals surface area contributed by atoms with E-state index in [-0.39, 0.29) is 18.9 Å². The summed E-state index contributed by atoms with van der Waals surface area (Å²) in [5.74, 6) is 0.141. The second kappa shape index (κ2) is 8.59. The van der Waals surface area contributed by atoms with Crippen molar-refractivity contribution in [3.8, 4) is 11.5 Å². The van der Waals surface area contributed by atoms with Gasteiger partial charge in [-0.15, -0.1) is 0 Å². The molecule has 2 heterocycles. The van der Waals surface area contributed by atoms with Gasteiger partial charge < -0.3 is 19.5 Å². The van der Waals surface area contributed by atoms with Gasteiger partial charge in [-0.1, -0.05) is 0 Å². The number of benzene rings is 1. The second-order valence-corrected chi connectivity index (χ2v) is 6.49. The number of nitrogens with zero attached hydrogens (tertiary/aromatic N) is 4. The van der Waals surface area contributed by atoms with Crippen LogP contribution in [0.1, 0.15) is 22.3 Å². The van der Waals surface area contributed by atoms with Crippen molar-refractivity contribution in [2.24, 2.45) is 0 Å². The first-order valence-corrected chi connectivity index (χ1v) is 8.92. The van der Waals surface area contributed by atoms with Crippen molar-refractivity contribution in [3.63, 3.8) is 0 Å². The lowest BCUT2D eigenvalue weighted by Gasteiger charge is -2.15. The van der Waals surface area contributed by atoms with Gasteiger partial charge in [0.25, 0.3) is 5.91 Å². The highest BCUT2D eigenvalue weighted by molar-refractivity contribution is 5.96. The number of carboxylic acid groups (broad SMARTS) is 1. The zero-order valence-electron chi connectivity index (χ0n) is 16.5. The van der Waals surface area contributed by atoms with Crippen LogP contribution in [-0.4, -0.2) is 64.5 Å². The third kappa shape index (κ3) is 4.45. The molecule has 29 heavy (non-hydrogen) atoms. The number of carboxylic acids is 1. The molecule has 1 N–H and O–H groups in total. The van der Waals surface area contributed by atoms with Gasteiger partial charge >= 0.3 is 5.97 Å². The first-order chi connectivity index (χ1) is 13.9. The summed E-state index contributed by atoms with van der Waals surface area (Å²) in [4.78, 5) is 28.9. The summed E-state index contributed by atoms with van der Waals surface area (Å²) in [6, 6.07) is 7.26. The topological polar surface area (TPSA) is 107 Å². The van der Waals surface area contributed by atoms with Gasteiger partial charge in [-0.25, -0.2) is 9.67 Å². The lowest BCUT2D eigenvalue weighted by molar-refractivity contribution is -0.137. The van der Waals surface area contributed by atoms with Crippen LogP contribution in [0.5, 0.6) is 11.5 Å². The van der Waals surface area contributed by atoms with Crippen LogP contribution < -0.4 is 9.47 Å². The smallest absolute Gasteiger partial charge is 0.305 e. The highest BCUT2D eigenvalue weighted by Crippen LogP contribution is 2.26. The first kappa shape index (κ1) is 20.1. The SMILES string of the molecule is COc1ccc(Cn2ncc3cc(C(=O)N(C)CCC(=O)O)cnc32)c(OC)c1.